The molecular weight excluding hydrogens is 1590 g/mol. The summed E-state index contributed by atoms with van der Waals surface area (Å²) >= 11 is 3.36. The van der Waals surface area contributed by atoms with Crippen LogP contribution in [0.1, 0.15) is 42.0 Å². The lowest BCUT2D eigenvalue weighted by Crippen LogP contribution is -2.20. The average Bonchev–Trinajstić information content (AvgIpc) is 1.68. The van der Waals surface area contributed by atoms with Crippen molar-refractivity contribution in [3.05, 3.63) is 163 Å². The molecule has 3 N–H and O–H groups in total. The smallest absolute Gasteiger partial charge is 0.302 e. The van der Waals surface area contributed by atoms with Crippen LogP contribution in [0.5, 0.6) is 17.2 Å². The molecule has 1 atom stereocenters. The number of anilines is 3. The maximum Gasteiger partial charge on any atom is 0.302 e. The highest BCUT2D eigenvalue weighted by molar-refractivity contribution is 9.10. The van der Waals surface area contributed by atoms with Gasteiger partial charge in [-0.3, -0.25) is 4.79 Å². The van der Waals surface area contributed by atoms with Crippen molar-refractivity contribution in [3.8, 4) is 108 Å². The zero-order valence-corrected chi connectivity index (χ0v) is 66.7. The molecule has 0 aliphatic carbocycles. The van der Waals surface area contributed by atoms with Gasteiger partial charge in [0.25, 0.3) is 0 Å². The second kappa shape index (κ2) is 44.9. The van der Waals surface area contributed by atoms with Gasteiger partial charge < -0.3 is 81.6 Å². The number of fused-ring (bicyclic) bond motifs is 12. The zero-order chi connectivity index (χ0) is 80.1. The Morgan fingerprint density at radius 2 is 0.991 bits per heavy atom. The number of carbonyl (C=O) groups excluding carboxylic acids is 1. The summed E-state index contributed by atoms with van der Waals surface area (Å²) in [7, 11) is 0.669. The first-order chi connectivity index (χ1) is 54.7. The number of esters is 1. The summed E-state index contributed by atoms with van der Waals surface area (Å²) in [5.74, 6) is 4.34. The number of nitrogens with two attached hydrogens (primary N) is 1. The first-order valence-corrected chi connectivity index (χ1v) is 40.0. The molecular formula is C81H97BrN12O19S2. The van der Waals surface area contributed by atoms with Crippen LogP contribution >= 0.6 is 15.9 Å². The fraction of sp³-hybridized carbons (Fsp3) is 0.358. The van der Waals surface area contributed by atoms with E-state index in [0.29, 0.717) is 201 Å². The first-order valence-electron chi connectivity index (χ1n) is 36.1. The monoisotopic (exact) mass is 1680 g/mol. The summed E-state index contributed by atoms with van der Waals surface area (Å²) in [6.07, 6.45) is 5.18. The van der Waals surface area contributed by atoms with Crippen LogP contribution in [0, 0.1) is 0 Å². The lowest BCUT2D eigenvalue weighted by molar-refractivity contribution is -0.142. The summed E-state index contributed by atoms with van der Waals surface area (Å²) in [6, 6.07) is 41.1. The predicted molar refractivity (Wildman–Crippen MR) is 438 cm³/mol. The second-order valence-corrected chi connectivity index (χ2v) is 30.6. The number of rotatable bonds is 28. The number of sulfone groups is 2. The molecule has 0 fully saturated rings. The van der Waals surface area contributed by atoms with Gasteiger partial charge in [-0.15, -0.1) is 0 Å². The number of aromatic nitrogens is 9. The van der Waals surface area contributed by atoms with Crippen LogP contribution in [-0.2, 0) is 57.6 Å². The third kappa shape index (κ3) is 25.4. The average molecular weight is 1690 g/mol. The number of benzene rings is 5. The zero-order valence-electron chi connectivity index (χ0n) is 63.5. The van der Waals surface area contributed by atoms with E-state index in [1.165, 1.54) is 13.1 Å². The van der Waals surface area contributed by atoms with Crippen molar-refractivity contribution in [2.45, 2.75) is 57.1 Å². The van der Waals surface area contributed by atoms with E-state index >= 15 is 0 Å². The van der Waals surface area contributed by atoms with E-state index in [1.807, 2.05) is 117 Å². The molecule has 115 heavy (non-hydrogen) atoms. The summed E-state index contributed by atoms with van der Waals surface area (Å²) in [6.45, 7) is 10.4. The Morgan fingerprint density at radius 3 is 1.53 bits per heavy atom. The van der Waals surface area contributed by atoms with Gasteiger partial charge in [-0.2, -0.15) is 0 Å². The number of hydrogen-bond donors (Lipinski definition) is 2. The van der Waals surface area contributed by atoms with Gasteiger partial charge in [0.05, 0.1) is 130 Å². The maximum atomic E-state index is 13.0. The highest BCUT2D eigenvalue weighted by Gasteiger charge is 2.26. The quantitative estimate of drug-likeness (QED) is 0.0261. The summed E-state index contributed by atoms with van der Waals surface area (Å²) in [4.78, 5) is 42.1. The van der Waals surface area contributed by atoms with Gasteiger partial charge in [-0.25, -0.2) is 46.7 Å². The molecule has 6 bridgehead atoms. The number of aliphatic hydroxyl groups excluding tert-OH is 1. The Balaban J connectivity index is 0.000000215. The van der Waals surface area contributed by atoms with Gasteiger partial charge in [0.1, 0.15) is 65.4 Å². The van der Waals surface area contributed by atoms with Crippen molar-refractivity contribution in [2.75, 3.05) is 162 Å². The fourth-order valence-corrected chi connectivity index (χ4v) is 13.4. The van der Waals surface area contributed by atoms with Crippen LogP contribution < -0.4 is 29.7 Å². The Labute approximate surface area is 677 Å². The molecule has 2 aliphatic rings. The van der Waals surface area contributed by atoms with E-state index < -0.39 is 24.9 Å². The molecule has 34 heteroatoms. The summed E-state index contributed by atoms with van der Waals surface area (Å²) < 4.78 is 123. The minimum absolute atomic E-state index is 0. The fourth-order valence-electron chi connectivity index (χ4n) is 10.9. The maximum absolute atomic E-state index is 13.0. The molecule has 5 aromatic carbocycles. The topological polar surface area (TPSA) is 386 Å². The number of aliphatic hydroxyl groups is 1. The van der Waals surface area contributed by atoms with E-state index in [0.717, 1.165) is 22.3 Å². The molecule has 11 aromatic rings. The largest absolute Gasteiger partial charge is 0.490 e. The van der Waals surface area contributed by atoms with Crippen LogP contribution in [0.15, 0.2) is 186 Å². The molecule has 0 radical (unpaired) electrons. The summed E-state index contributed by atoms with van der Waals surface area (Å²) in [5.41, 5.74) is 14.1. The highest BCUT2D eigenvalue weighted by atomic mass is 79.9. The van der Waals surface area contributed by atoms with Gasteiger partial charge in [0.15, 0.2) is 71.5 Å². The lowest BCUT2D eigenvalue weighted by Gasteiger charge is -2.15. The van der Waals surface area contributed by atoms with E-state index in [-0.39, 0.29) is 62.0 Å². The molecule has 0 spiro atoms. The minimum atomic E-state index is -3.52. The molecule has 0 amide bonds. The standard InChI is InChI=1S/C29H34N4O7S.C27H28N4O6S.C23H27BrN4O6.2CH4/c1-4-41(35,36)22-11-9-21(10-12-22)25-20-30-29(33(2)3)28(31-25)27-19-24(32-40-27)23-7-5-6-8-26(23)39-18-17-38-16-15-37-14-13-34;1-18-10-11-34-12-13-35-14-15-36-24-5-3-2-4-21(24)22-16-25(37-31-22)26-27(28)29-17-23(30-26)19-6-8-20(9-7-19)38(18,32)33;1-16(29)32-12-10-30-8-9-31-11-13-33-19-7-5-4-6-17(19)18-14-20(34-27-18)22-23(28(2)3)25-15-21(24)26-22;;/h5-12,19-20,34H,4,13-18H2,1-3H3;2-9,16-18H,10-15H2,1H3,(H2,28,29);4-7,14-15H,8-13H2,1-3H3;2*1H4. The SMILES string of the molecule is C.C.CC(=O)OCCOCCOCCOc1ccccc1-c1cc(-c2nc(Br)cnc2N(C)C)on1.CC1CCOCCOCCOc2ccccc2-c2cc(on2)-c2nc(cnc2N)-c2ccc(cc2)S1(=O)=O.CCS(=O)(=O)c1ccc(-c2cnc(N(C)C)c(-c3cc(-c4ccccc4OCCOCCOCCO)no3)n2)cc1. The molecule has 8 heterocycles. The van der Waals surface area contributed by atoms with Crippen LogP contribution in [0.4, 0.5) is 17.5 Å². The molecule has 0 saturated heterocycles. The molecule has 2 aliphatic heterocycles. The molecule has 13 rings (SSSR count). The predicted octanol–water partition coefficient (Wildman–Crippen LogP) is 12.6. The molecule has 1 unspecified atom stereocenters. The van der Waals surface area contributed by atoms with Gasteiger partial charge in [0, 0.05) is 87.7 Å². The van der Waals surface area contributed by atoms with Crippen molar-refractivity contribution in [3.63, 3.8) is 0 Å². The van der Waals surface area contributed by atoms with Crippen molar-refractivity contribution >= 4 is 59.0 Å². The van der Waals surface area contributed by atoms with Crippen LogP contribution in [-0.4, -0.2) is 225 Å². The third-order valence-corrected chi connectivity index (χ3v) is 21.1. The van der Waals surface area contributed by atoms with Gasteiger partial charge >= 0.3 is 5.97 Å². The molecule has 6 aromatic heterocycles. The third-order valence-electron chi connectivity index (χ3n) is 16.8. The Hall–Kier alpha value is -10.7. The van der Waals surface area contributed by atoms with Crippen molar-refractivity contribution in [1.82, 2.24) is 45.4 Å². The highest BCUT2D eigenvalue weighted by Crippen LogP contribution is 2.39. The van der Waals surface area contributed by atoms with Crippen LogP contribution in [0.3, 0.4) is 0 Å². The summed E-state index contributed by atoms with van der Waals surface area (Å²) in [5, 5.41) is 20.8. The number of para-hydroxylation sites is 3. The Morgan fingerprint density at radius 1 is 0.548 bits per heavy atom. The normalized spacial score (nSPS) is 13.3. The van der Waals surface area contributed by atoms with E-state index in [9.17, 15) is 21.6 Å². The van der Waals surface area contributed by atoms with Gasteiger partial charge in [-0.05, 0) is 89.9 Å². The van der Waals surface area contributed by atoms with E-state index in [1.54, 1.807) is 86.9 Å². The number of hydrogen-bond acceptors (Lipinski definition) is 31. The Bertz CT molecular complexity index is 5090. The number of halogens is 1. The van der Waals surface area contributed by atoms with Crippen molar-refractivity contribution < 1.29 is 87.7 Å². The van der Waals surface area contributed by atoms with Gasteiger partial charge in [0.2, 0.25) is 0 Å². The molecule has 614 valence electrons. The van der Waals surface area contributed by atoms with E-state index in [2.05, 4.69) is 56.3 Å². The Kier molecular flexibility index (Phi) is 35.1. The second-order valence-electron chi connectivity index (χ2n) is 25.2. The molecule has 0 saturated carbocycles. The number of nitrogens with zero attached hydrogens (tertiary/aromatic N) is 11. The minimum Gasteiger partial charge on any atom is -0.490 e. The number of nitrogen functional groups attached to an aromatic ring is 1. The van der Waals surface area contributed by atoms with E-state index in [4.69, 9.17) is 76.8 Å². The molecule has 31 nitrogen and oxygen atoms in total. The number of ether oxygens (including phenoxy) is 10. The van der Waals surface area contributed by atoms with Crippen molar-refractivity contribution in [1.29, 1.82) is 0 Å². The van der Waals surface area contributed by atoms with Crippen LogP contribution in [0.25, 0.3) is 90.6 Å². The number of carbonyl (C=O) groups is 1. The van der Waals surface area contributed by atoms with Crippen molar-refractivity contribution in [2.24, 2.45) is 0 Å². The van der Waals surface area contributed by atoms with Crippen LogP contribution in [0.2, 0.25) is 0 Å². The first kappa shape index (κ1) is 89.9. The lowest BCUT2D eigenvalue weighted by atomic mass is 10.1. The van der Waals surface area contributed by atoms with Gasteiger partial charge in [-0.1, -0.05) is 97.9 Å².